The maximum atomic E-state index is 3.73. The van der Waals surface area contributed by atoms with Gasteiger partial charge in [0.2, 0.25) is 0 Å². The normalized spacial score (nSPS) is 30.7. The van der Waals surface area contributed by atoms with Crippen LogP contribution >= 0.6 is 0 Å². The van der Waals surface area contributed by atoms with E-state index in [-0.39, 0.29) is 0 Å². The van der Waals surface area contributed by atoms with Crippen molar-refractivity contribution in [1.29, 1.82) is 0 Å². The molecule has 0 aromatic carbocycles. The highest BCUT2D eigenvalue weighted by molar-refractivity contribution is 4.93. The van der Waals surface area contributed by atoms with Crippen molar-refractivity contribution in [3.8, 4) is 0 Å². The van der Waals surface area contributed by atoms with Gasteiger partial charge in [0.15, 0.2) is 0 Å². The van der Waals surface area contributed by atoms with Crippen LogP contribution in [0.15, 0.2) is 0 Å². The summed E-state index contributed by atoms with van der Waals surface area (Å²) in [5, 5.41) is 3.73. The molecule has 0 spiro atoms. The van der Waals surface area contributed by atoms with Crippen molar-refractivity contribution < 1.29 is 0 Å². The third-order valence-corrected chi connectivity index (χ3v) is 6.01. The van der Waals surface area contributed by atoms with E-state index >= 15 is 0 Å². The predicted octanol–water partition coefficient (Wildman–Crippen LogP) is 2.71. The van der Waals surface area contributed by atoms with Gasteiger partial charge in [-0.05, 0) is 57.2 Å². The molecule has 0 aromatic rings. The summed E-state index contributed by atoms with van der Waals surface area (Å²) in [5.74, 6) is 0. The monoisotopic (exact) mass is 293 g/mol. The Morgan fingerprint density at radius 3 is 2.43 bits per heavy atom. The summed E-state index contributed by atoms with van der Waals surface area (Å²) < 4.78 is 0. The third kappa shape index (κ3) is 4.00. The molecule has 0 radical (unpaired) electrons. The van der Waals surface area contributed by atoms with E-state index in [4.69, 9.17) is 0 Å². The van der Waals surface area contributed by atoms with E-state index in [1.807, 2.05) is 0 Å². The second-order valence-electron chi connectivity index (χ2n) is 8.16. The highest BCUT2D eigenvalue weighted by Gasteiger charge is 2.38. The Balaban J connectivity index is 1.51. The first kappa shape index (κ1) is 15.8. The second-order valence-corrected chi connectivity index (χ2v) is 8.16. The summed E-state index contributed by atoms with van der Waals surface area (Å²) >= 11 is 0. The molecule has 0 bridgehead atoms. The molecule has 3 rings (SSSR count). The van der Waals surface area contributed by atoms with Crippen molar-refractivity contribution in [2.75, 3.05) is 39.3 Å². The fraction of sp³-hybridized carbons (Fsp3) is 1.00. The van der Waals surface area contributed by atoms with Crippen molar-refractivity contribution in [3.63, 3.8) is 0 Å². The van der Waals surface area contributed by atoms with Crippen molar-refractivity contribution in [2.45, 2.75) is 70.9 Å². The molecule has 21 heavy (non-hydrogen) atoms. The van der Waals surface area contributed by atoms with Gasteiger partial charge in [0.05, 0.1) is 0 Å². The van der Waals surface area contributed by atoms with Crippen LogP contribution in [0.25, 0.3) is 0 Å². The first-order valence-electron chi connectivity index (χ1n) is 9.37. The standard InChI is InChI=1S/C18H35N3/c1-16(2)19-14-18(8-3-4-9-18)15-20-12-7-17(13-20)21-10-5-6-11-21/h16-17,19H,3-15H2,1-2H3. The zero-order chi connectivity index (χ0) is 14.7. The number of hydrogen-bond acceptors (Lipinski definition) is 3. The van der Waals surface area contributed by atoms with Crippen LogP contribution in [-0.2, 0) is 0 Å². The van der Waals surface area contributed by atoms with Crippen LogP contribution in [0.2, 0.25) is 0 Å². The molecular weight excluding hydrogens is 258 g/mol. The van der Waals surface area contributed by atoms with Crippen LogP contribution in [0.5, 0.6) is 0 Å². The van der Waals surface area contributed by atoms with Crippen LogP contribution in [0.1, 0.15) is 58.8 Å². The minimum absolute atomic E-state index is 0.574. The van der Waals surface area contributed by atoms with Gasteiger partial charge in [-0.1, -0.05) is 26.7 Å². The largest absolute Gasteiger partial charge is 0.314 e. The van der Waals surface area contributed by atoms with Crippen LogP contribution in [-0.4, -0.2) is 61.2 Å². The van der Waals surface area contributed by atoms with Crippen LogP contribution in [0.4, 0.5) is 0 Å². The van der Waals surface area contributed by atoms with Crippen LogP contribution in [0.3, 0.4) is 0 Å². The van der Waals surface area contributed by atoms with Crippen molar-refractivity contribution >= 4 is 0 Å². The topological polar surface area (TPSA) is 18.5 Å². The average molecular weight is 293 g/mol. The van der Waals surface area contributed by atoms with Crippen LogP contribution < -0.4 is 5.32 Å². The molecule has 1 aliphatic carbocycles. The molecule has 122 valence electrons. The average Bonchev–Trinajstić information content (AvgIpc) is 3.18. The number of nitrogens with one attached hydrogen (secondary N) is 1. The molecule has 1 N–H and O–H groups in total. The molecule has 2 aliphatic heterocycles. The number of likely N-dealkylation sites (tertiary alicyclic amines) is 2. The van der Waals surface area contributed by atoms with Gasteiger partial charge < -0.3 is 10.2 Å². The Labute approximate surface area is 131 Å². The van der Waals surface area contributed by atoms with Gasteiger partial charge in [0.1, 0.15) is 0 Å². The molecular formula is C18H35N3. The molecule has 1 unspecified atom stereocenters. The quantitative estimate of drug-likeness (QED) is 0.812. The van der Waals surface area contributed by atoms with E-state index in [0.29, 0.717) is 11.5 Å². The summed E-state index contributed by atoms with van der Waals surface area (Å²) in [7, 11) is 0. The molecule has 2 heterocycles. The molecule has 1 saturated carbocycles. The zero-order valence-electron chi connectivity index (χ0n) is 14.2. The van der Waals surface area contributed by atoms with Crippen LogP contribution in [0, 0.1) is 5.41 Å². The van der Waals surface area contributed by atoms with E-state index in [2.05, 4.69) is 29.0 Å². The molecule has 0 aromatic heterocycles. The molecule has 3 aliphatic rings. The molecule has 3 nitrogen and oxygen atoms in total. The van der Waals surface area contributed by atoms with E-state index in [0.717, 1.165) is 6.04 Å². The minimum Gasteiger partial charge on any atom is -0.314 e. The summed E-state index contributed by atoms with van der Waals surface area (Å²) in [6.45, 7) is 12.5. The Morgan fingerprint density at radius 1 is 1.05 bits per heavy atom. The fourth-order valence-electron chi connectivity index (χ4n) is 4.77. The van der Waals surface area contributed by atoms with Crippen molar-refractivity contribution in [1.82, 2.24) is 15.1 Å². The molecule has 0 amide bonds. The highest BCUT2D eigenvalue weighted by Crippen LogP contribution is 2.39. The van der Waals surface area contributed by atoms with E-state index < -0.39 is 0 Å². The zero-order valence-corrected chi connectivity index (χ0v) is 14.2. The van der Waals surface area contributed by atoms with Gasteiger partial charge in [0, 0.05) is 31.7 Å². The van der Waals surface area contributed by atoms with E-state index in [1.165, 1.54) is 84.2 Å². The van der Waals surface area contributed by atoms with Gasteiger partial charge in [0.25, 0.3) is 0 Å². The summed E-state index contributed by atoms with van der Waals surface area (Å²) in [4.78, 5) is 5.55. The molecule has 3 heteroatoms. The maximum absolute atomic E-state index is 3.73. The lowest BCUT2D eigenvalue weighted by Gasteiger charge is -2.35. The Morgan fingerprint density at radius 2 is 1.76 bits per heavy atom. The Kier molecular flexibility index (Phi) is 5.23. The fourth-order valence-corrected chi connectivity index (χ4v) is 4.77. The maximum Gasteiger partial charge on any atom is 0.0235 e. The van der Waals surface area contributed by atoms with Gasteiger partial charge in [-0.3, -0.25) is 4.90 Å². The smallest absolute Gasteiger partial charge is 0.0235 e. The van der Waals surface area contributed by atoms with Gasteiger partial charge in [-0.25, -0.2) is 0 Å². The second kappa shape index (κ2) is 6.97. The Bertz CT molecular complexity index is 316. The van der Waals surface area contributed by atoms with E-state index in [9.17, 15) is 0 Å². The molecule has 2 saturated heterocycles. The predicted molar refractivity (Wildman–Crippen MR) is 89.7 cm³/mol. The van der Waals surface area contributed by atoms with Crippen molar-refractivity contribution in [3.05, 3.63) is 0 Å². The number of hydrogen-bond donors (Lipinski definition) is 1. The van der Waals surface area contributed by atoms with Gasteiger partial charge >= 0.3 is 0 Å². The summed E-state index contributed by atoms with van der Waals surface area (Å²) in [6, 6.07) is 1.49. The van der Waals surface area contributed by atoms with Crippen molar-refractivity contribution in [2.24, 2.45) is 5.41 Å². The Hall–Kier alpha value is -0.120. The highest BCUT2D eigenvalue weighted by atomic mass is 15.3. The SMILES string of the molecule is CC(C)NCC1(CN2CCC(N3CCCC3)C2)CCCC1. The minimum atomic E-state index is 0.574. The lowest BCUT2D eigenvalue weighted by atomic mass is 9.85. The molecule has 1 atom stereocenters. The first-order valence-corrected chi connectivity index (χ1v) is 9.37. The lowest BCUT2D eigenvalue weighted by molar-refractivity contribution is 0.156. The third-order valence-electron chi connectivity index (χ3n) is 6.01. The van der Waals surface area contributed by atoms with Gasteiger partial charge in [-0.2, -0.15) is 0 Å². The summed E-state index contributed by atoms with van der Waals surface area (Å²) in [6.07, 6.45) is 10.0. The summed E-state index contributed by atoms with van der Waals surface area (Å²) in [5.41, 5.74) is 0.574. The first-order chi connectivity index (χ1) is 10.2. The lowest BCUT2D eigenvalue weighted by Crippen LogP contribution is -2.44. The number of rotatable bonds is 6. The van der Waals surface area contributed by atoms with Gasteiger partial charge in [-0.15, -0.1) is 0 Å². The molecule has 3 fully saturated rings. The van der Waals surface area contributed by atoms with E-state index in [1.54, 1.807) is 0 Å². The number of nitrogens with zero attached hydrogens (tertiary/aromatic N) is 2.